The van der Waals surface area contributed by atoms with Gasteiger partial charge >= 0.3 is 0 Å². The third kappa shape index (κ3) is 3.43. The first-order valence-electron chi connectivity index (χ1n) is 10.5. The summed E-state index contributed by atoms with van der Waals surface area (Å²) in [5, 5.41) is 18.0. The lowest BCUT2D eigenvalue weighted by atomic mass is 9.77. The van der Waals surface area contributed by atoms with Crippen molar-refractivity contribution in [2.45, 2.75) is 10.9 Å². The predicted octanol–water partition coefficient (Wildman–Crippen LogP) is 6.68. The maximum Gasteiger partial charge on any atom is 0.275 e. The average Bonchev–Trinajstić information content (AvgIpc) is 3.29. The number of hydrogen-bond acceptors (Lipinski definition) is 3. The number of hydrogen-bond donors (Lipinski definition) is 0. The van der Waals surface area contributed by atoms with Crippen molar-refractivity contribution >= 4 is 32.5 Å². The van der Waals surface area contributed by atoms with Gasteiger partial charge in [0.1, 0.15) is 5.54 Å². The van der Waals surface area contributed by atoms with Gasteiger partial charge in [-0.05, 0) is 22.8 Å². The van der Waals surface area contributed by atoms with Gasteiger partial charge in [-0.2, -0.15) is 5.10 Å². The highest BCUT2D eigenvalue weighted by atomic mass is 79.9. The molecule has 5 nitrogen and oxygen atoms in total. The van der Waals surface area contributed by atoms with Gasteiger partial charge in [0, 0.05) is 22.3 Å². The van der Waals surface area contributed by atoms with Crippen LogP contribution < -0.4 is 0 Å². The number of fused-ring (bicyclic) bond motifs is 1. The lowest BCUT2D eigenvalue weighted by molar-refractivity contribution is -0.385. The van der Waals surface area contributed by atoms with E-state index in [4.69, 9.17) is 5.10 Å². The summed E-state index contributed by atoms with van der Waals surface area (Å²) in [6, 6.07) is 34.0. The van der Waals surface area contributed by atoms with E-state index in [2.05, 4.69) is 52.3 Å². The second-order valence-corrected chi connectivity index (χ2v) is 8.36. The topological polar surface area (TPSA) is 61.0 Å². The fourth-order valence-corrected chi connectivity index (χ4v) is 5.01. The molecule has 0 aliphatic rings. The Morgan fingerprint density at radius 3 is 1.73 bits per heavy atom. The van der Waals surface area contributed by atoms with Gasteiger partial charge < -0.3 is 0 Å². The minimum absolute atomic E-state index is 0.0733. The molecular weight excluding hydrogens is 478 g/mol. The van der Waals surface area contributed by atoms with Crippen LogP contribution in [0.5, 0.6) is 0 Å². The number of rotatable bonds is 6. The number of alkyl halides is 1. The van der Waals surface area contributed by atoms with Crippen molar-refractivity contribution in [3.63, 3.8) is 0 Å². The Morgan fingerprint density at radius 1 is 0.818 bits per heavy atom. The van der Waals surface area contributed by atoms with Crippen LogP contribution in [0.25, 0.3) is 10.9 Å². The number of nitrogens with zero attached hydrogens (tertiary/aromatic N) is 3. The van der Waals surface area contributed by atoms with E-state index in [9.17, 15) is 10.1 Å². The summed E-state index contributed by atoms with van der Waals surface area (Å²) in [4.78, 5) is 11.5. The van der Waals surface area contributed by atoms with Crippen LogP contribution in [0, 0.1) is 10.1 Å². The zero-order valence-corrected chi connectivity index (χ0v) is 19.2. The van der Waals surface area contributed by atoms with Crippen molar-refractivity contribution in [1.29, 1.82) is 0 Å². The molecule has 0 radical (unpaired) electrons. The molecule has 6 heteroatoms. The number of benzene rings is 4. The van der Waals surface area contributed by atoms with Gasteiger partial charge in [0.15, 0.2) is 0 Å². The fourth-order valence-electron chi connectivity index (χ4n) is 4.56. The molecule has 0 amide bonds. The molecule has 5 rings (SSSR count). The summed E-state index contributed by atoms with van der Waals surface area (Å²) in [6.45, 7) is 0. The van der Waals surface area contributed by atoms with Gasteiger partial charge in [-0.3, -0.25) is 10.1 Å². The molecule has 0 atom stereocenters. The van der Waals surface area contributed by atoms with Crippen molar-refractivity contribution in [1.82, 2.24) is 9.78 Å². The Hall–Kier alpha value is -3.77. The Kier molecular flexibility index (Phi) is 5.52. The Balaban J connectivity index is 1.95. The first-order valence-corrected chi connectivity index (χ1v) is 11.7. The lowest BCUT2D eigenvalue weighted by Crippen LogP contribution is -2.38. The molecule has 5 aromatic rings. The maximum absolute atomic E-state index is 11.9. The molecule has 4 aromatic carbocycles. The van der Waals surface area contributed by atoms with Crippen LogP contribution in [0.4, 0.5) is 5.69 Å². The average molecular weight is 498 g/mol. The first kappa shape index (κ1) is 21.1. The van der Waals surface area contributed by atoms with Crippen LogP contribution in [0.15, 0.2) is 109 Å². The number of aromatic nitrogens is 2. The summed E-state index contributed by atoms with van der Waals surface area (Å²) >= 11 is 3.39. The van der Waals surface area contributed by atoms with Crippen molar-refractivity contribution < 1.29 is 4.92 Å². The molecule has 0 saturated carbocycles. The number of halogens is 1. The standard InChI is InChI=1S/C27H20BrN3O2/c28-18-20-16-21-19-29-30(25(21)17-26(20)31(32)33)27(22-10-4-1-5-11-22,23-12-6-2-7-13-23)24-14-8-3-9-15-24/h1-17,19H,18H2. The second kappa shape index (κ2) is 8.64. The molecule has 0 unspecified atom stereocenters. The third-order valence-electron chi connectivity index (χ3n) is 6.00. The van der Waals surface area contributed by atoms with E-state index in [1.165, 1.54) is 0 Å². The van der Waals surface area contributed by atoms with E-state index in [1.807, 2.05) is 65.3 Å². The van der Waals surface area contributed by atoms with Crippen LogP contribution in [-0.4, -0.2) is 14.7 Å². The highest BCUT2D eigenvalue weighted by molar-refractivity contribution is 9.08. The van der Waals surface area contributed by atoms with Crippen LogP contribution in [-0.2, 0) is 10.9 Å². The Labute approximate surface area is 199 Å². The number of nitro benzene ring substituents is 1. The summed E-state index contributed by atoms with van der Waals surface area (Å²) in [6.07, 6.45) is 1.79. The van der Waals surface area contributed by atoms with E-state index >= 15 is 0 Å². The molecule has 33 heavy (non-hydrogen) atoms. The summed E-state index contributed by atoms with van der Waals surface area (Å²) in [5.74, 6) is 0. The molecule has 0 bridgehead atoms. The SMILES string of the molecule is O=[N+]([O-])c1cc2c(cnn2C(c2ccccc2)(c2ccccc2)c2ccccc2)cc1CBr. The number of nitro groups is 1. The highest BCUT2D eigenvalue weighted by Crippen LogP contribution is 2.42. The molecule has 0 aliphatic heterocycles. The highest BCUT2D eigenvalue weighted by Gasteiger charge is 2.40. The zero-order chi connectivity index (χ0) is 22.8. The molecule has 0 fully saturated rings. The van der Waals surface area contributed by atoms with Crippen LogP contribution in [0.3, 0.4) is 0 Å². The minimum Gasteiger partial charge on any atom is -0.258 e. The van der Waals surface area contributed by atoms with E-state index in [1.54, 1.807) is 12.3 Å². The minimum atomic E-state index is -0.824. The Bertz CT molecular complexity index is 1320. The third-order valence-corrected chi connectivity index (χ3v) is 6.61. The molecule has 162 valence electrons. The Morgan fingerprint density at radius 2 is 1.30 bits per heavy atom. The lowest BCUT2D eigenvalue weighted by Gasteiger charge is -2.37. The van der Waals surface area contributed by atoms with E-state index in [0.29, 0.717) is 16.4 Å². The predicted molar refractivity (Wildman–Crippen MR) is 134 cm³/mol. The molecule has 0 aliphatic carbocycles. The van der Waals surface area contributed by atoms with Crippen molar-refractivity contribution in [2.75, 3.05) is 0 Å². The molecule has 0 spiro atoms. The largest absolute Gasteiger partial charge is 0.275 e. The monoisotopic (exact) mass is 497 g/mol. The second-order valence-electron chi connectivity index (χ2n) is 7.80. The van der Waals surface area contributed by atoms with E-state index in [0.717, 1.165) is 22.1 Å². The van der Waals surface area contributed by atoms with Crippen LogP contribution in [0.1, 0.15) is 22.3 Å². The van der Waals surface area contributed by atoms with Gasteiger partial charge in [-0.15, -0.1) is 0 Å². The molecule has 1 aromatic heterocycles. The van der Waals surface area contributed by atoms with E-state index < -0.39 is 5.54 Å². The van der Waals surface area contributed by atoms with Gasteiger partial charge in [0.2, 0.25) is 0 Å². The molecule has 0 saturated heterocycles. The normalized spacial score (nSPS) is 11.5. The summed E-state index contributed by atoms with van der Waals surface area (Å²) < 4.78 is 1.92. The van der Waals surface area contributed by atoms with Gasteiger partial charge in [0.25, 0.3) is 5.69 Å². The molecular formula is C27H20BrN3O2. The van der Waals surface area contributed by atoms with Crippen molar-refractivity contribution in [2.24, 2.45) is 0 Å². The quantitative estimate of drug-likeness (QED) is 0.114. The van der Waals surface area contributed by atoms with Crippen LogP contribution in [0.2, 0.25) is 0 Å². The van der Waals surface area contributed by atoms with Crippen molar-refractivity contribution in [3.05, 3.63) is 142 Å². The smallest absolute Gasteiger partial charge is 0.258 e. The van der Waals surface area contributed by atoms with Gasteiger partial charge in [-0.25, -0.2) is 4.68 Å². The summed E-state index contributed by atoms with van der Waals surface area (Å²) in [7, 11) is 0. The van der Waals surface area contributed by atoms with Gasteiger partial charge in [0.05, 0.1) is 16.6 Å². The first-order chi connectivity index (χ1) is 16.2. The van der Waals surface area contributed by atoms with Crippen LogP contribution >= 0.6 is 15.9 Å². The maximum atomic E-state index is 11.9. The summed E-state index contributed by atoms with van der Waals surface area (Å²) in [5.41, 5.74) is 3.61. The molecule has 0 N–H and O–H groups in total. The van der Waals surface area contributed by atoms with E-state index in [-0.39, 0.29) is 10.6 Å². The fraction of sp³-hybridized carbons (Fsp3) is 0.0741. The van der Waals surface area contributed by atoms with Gasteiger partial charge in [-0.1, -0.05) is 107 Å². The zero-order valence-electron chi connectivity index (χ0n) is 17.6. The van der Waals surface area contributed by atoms with Crippen molar-refractivity contribution in [3.8, 4) is 0 Å². The molecule has 1 heterocycles.